The zero-order valence-electron chi connectivity index (χ0n) is 14.4. The second kappa shape index (κ2) is 4.98. The fourth-order valence-electron chi connectivity index (χ4n) is 3.16. The fraction of sp³-hybridized carbons (Fsp3) is 0.353. The molecule has 0 radical (unpaired) electrons. The molecular formula is C17H18N4O4. The first-order valence-electron chi connectivity index (χ1n) is 7.90. The molecule has 2 aromatic heterocycles. The maximum Gasteiger partial charge on any atom is 0.362 e. The molecule has 3 aromatic rings. The van der Waals surface area contributed by atoms with Crippen LogP contribution < -0.4 is 10.5 Å². The highest BCUT2D eigenvalue weighted by Crippen LogP contribution is 2.29. The minimum absolute atomic E-state index is 0.217. The number of carbonyl (C=O) groups excluding carboxylic acids is 1. The Bertz CT molecular complexity index is 1060. The normalized spacial score (nSPS) is 13.0. The van der Waals surface area contributed by atoms with Crippen molar-refractivity contribution in [2.45, 2.75) is 32.9 Å². The van der Waals surface area contributed by atoms with Gasteiger partial charge in [-0.1, -0.05) is 6.07 Å². The predicted molar refractivity (Wildman–Crippen MR) is 90.1 cm³/mol. The Labute approximate surface area is 143 Å². The molecule has 8 heteroatoms. The lowest BCUT2D eigenvalue weighted by Crippen LogP contribution is -2.30. The van der Waals surface area contributed by atoms with Crippen LogP contribution in [0.25, 0.3) is 16.7 Å². The summed E-state index contributed by atoms with van der Waals surface area (Å²) in [4.78, 5) is 34.6. The molecule has 0 N–H and O–H groups in total. The van der Waals surface area contributed by atoms with Gasteiger partial charge >= 0.3 is 11.7 Å². The number of imidazole rings is 2. The Morgan fingerprint density at radius 1 is 1.28 bits per heavy atom. The summed E-state index contributed by atoms with van der Waals surface area (Å²) in [5, 5.41) is 0. The Hall–Kier alpha value is -3.03. The number of nitrogens with zero attached hydrogens (tertiary/aromatic N) is 4. The Morgan fingerprint density at radius 3 is 2.72 bits per heavy atom. The van der Waals surface area contributed by atoms with Crippen molar-refractivity contribution >= 4 is 17.0 Å². The molecule has 0 saturated carbocycles. The van der Waals surface area contributed by atoms with Crippen molar-refractivity contribution in [2.24, 2.45) is 0 Å². The molecule has 1 aromatic carbocycles. The molecule has 1 aliphatic heterocycles. The molecule has 0 aliphatic carbocycles. The van der Waals surface area contributed by atoms with Crippen LogP contribution in [0, 0.1) is 0 Å². The summed E-state index contributed by atoms with van der Waals surface area (Å²) in [6.07, 6.45) is 1.58. The summed E-state index contributed by atoms with van der Waals surface area (Å²) < 4.78 is 10.1. The molecule has 1 aliphatic rings. The minimum atomic E-state index is -0.621. The Morgan fingerprint density at radius 2 is 2.04 bits per heavy atom. The number of hydrogen-bond acceptors (Lipinski definition) is 5. The molecule has 4 rings (SSSR count). The molecule has 0 spiro atoms. The number of benzene rings is 1. The number of esters is 1. The quantitative estimate of drug-likeness (QED) is 0.514. The van der Waals surface area contributed by atoms with Crippen molar-refractivity contribution in [1.82, 2.24) is 18.8 Å². The van der Waals surface area contributed by atoms with Gasteiger partial charge in [-0.05, 0) is 32.9 Å². The summed E-state index contributed by atoms with van der Waals surface area (Å²) in [7, 11) is 1.45. The highest BCUT2D eigenvalue weighted by atomic mass is 16.7. The fourth-order valence-corrected chi connectivity index (χ4v) is 3.16. The highest BCUT2D eigenvalue weighted by Gasteiger charge is 2.30. The highest BCUT2D eigenvalue weighted by molar-refractivity contribution is 5.91. The molecule has 0 unspecified atom stereocenters. The Balaban J connectivity index is 1.92. The molecule has 8 nitrogen and oxygen atoms in total. The first-order valence-corrected chi connectivity index (χ1v) is 7.90. The van der Waals surface area contributed by atoms with E-state index in [2.05, 4.69) is 4.98 Å². The zero-order chi connectivity index (χ0) is 17.9. The van der Waals surface area contributed by atoms with Crippen LogP contribution >= 0.6 is 0 Å². The summed E-state index contributed by atoms with van der Waals surface area (Å²) in [5.41, 5.74) is 2.10. The van der Waals surface area contributed by atoms with Crippen molar-refractivity contribution in [1.29, 1.82) is 0 Å². The minimum Gasteiger partial charge on any atom is -0.455 e. The van der Waals surface area contributed by atoms with Gasteiger partial charge in [-0.2, -0.15) is 0 Å². The van der Waals surface area contributed by atoms with E-state index in [1.165, 1.54) is 11.8 Å². The van der Waals surface area contributed by atoms with Crippen molar-refractivity contribution in [2.75, 3.05) is 7.11 Å². The third-order valence-corrected chi connectivity index (χ3v) is 4.10. The van der Waals surface area contributed by atoms with Gasteiger partial charge in [0, 0.05) is 0 Å². The van der Waals surface area contributed by atoms with Gasteiger partial charge in [-0.3, -0.25) is 9.13 Å². The molecule has 25 heavy (non-hydrogen) atoms. The van der Waals surface area contributed by atoms with Gasteiger partial charge in [0.25, 0.3) is 0 Å². The van der Waals surface area contributed by atoms with Crippen LogP contribution in [0.4, 0.5) is 0 Å². The molecular weight excluding hydrogens is 324 g/mol. The van der Waals surface area contributed by atoms with E-state index in [9.17, 15) is 9.59 Å². The smallest absolute Gasteiger partial charge is 0.362 e. The molecule has 3 heterocycles. The van der Waals surface area contributed by atoms with Crippen LogP contribution in [-0.4, -0.2) is 37.5 Å². The van der Waals surface area contributed by atoms with Crippen molar-refractivity contribution in [3.8, 4) is 5.69 Å². The number of ether oxygens (including phenoxy) is 1. The van der Waals surface area contributed by atoms with E-state index in [4.69, 9.17) is 9.57 Å². The third-order valence-electron chi connectivity index (χ3n) is 4.10. The largest absolute Gasteiger partial charge is 0.455 e. The average Bonchev–Trinajstić information content (AvgIpc) is 3.07. The summed E-state index contributed by atoms with van der Waals surface area (Å²) in [5.74, 6) is -0.504. The number of aromatic nitrogens is 4. The van der Waals surface area contributed by atoms with E-state index in [1.807, 2.05) is 22.8 Å². The van der Waals surface area contributed by atoms with Gasteiger partial charge in [0.2, 0.25) is 0 Å². The SMILES string of the molecule is COn1c(=O)n2c3c(cccc31)-n1cnc(C(=O)OC(C)(C)C)c1C2. The number of hydrogen-bond donors (Lipinski definition) is 0. The van der Waals surface area contributed by atoms with Crippen LogP contribution in [0.2, 0.25) is 0 Å². The predicted octanol–water partition coefficient (Wildman–Crippen LogP) is 1.36. The van der Waals surface area contributed by atoms with Gasteiger partial charge in [-0.25, -0.2) is 14.6 Å². The summed E-state index contributed by atoms with van der Waals surface area (Å²) in [6.45, 7) is 5.62. The van der Waals surface area contributed by atoms with E-state index in [1.54, 1.807) is 31.7 Å². The second-order valence-electron chi connectivity index (χ2n) is 6.90. The van der Waals surface area contributed by atoms with E-state index in [0.717, 1.165) is 11.2 Å². The van der Waals surface area contributed by atoms with Crippen LogP contribution in [0.5, 0.6) is 0 Å². The number of rotatable bonds is 2. The van der Waals surface area contributed by atoms with Crippen LogP contribution in [-0.2, 0) is 11.3 Å². The lowest BCUT2D eigenvalue weighted by Gasteiger charge is -2.21. The van der Waals surface area contributed by atoms with Gasteiger partial charge in [0.1, 0.15) is 24.6 Å². The van der Waals surface area contributed by atoms with E-state index in [-0.39, 0.29) is 17.9 Å². The first-order chi connectivity index (χ1) is 11.8. The zero-order valence-corrected chi connectivity index (χ0v) is 14.4. The molecule has 0 amide bonds. The number of para-hydroxylation sites is 1. The summed E-state index contributed by atoms with van der Waals surface area (Å²) in [6, 6.07) is 5.53. The lowest BCUT2D eigenvalue weighted by molar-refractivity contribution is 0.00619. The van der Waals surface area contributed by atoms with Gasteiger partial charge in [-0.15, -0.1) is 4.73 Å². The summed E-state index contributed by atoms with van der Waals surface area (Å²) >= 11 is 0. The van der Waals surface area contributed by atoms with Crippen LogP contribution in [0.1, 0.15) is 37.0 Å². The van der Waals surface area contributed by atoms with Crippen LogP contribution in [0.3, 0.4) is 0 Å². The second-order valence-corrected chi connectivity index (χ2v) is 6.90. The number of fused-ring (bicyclic) bond motifs is 2. The van der Waals surface area contributed by atoms with Crippen molar-refractivity contribution in [3.63, 3.8) is 0 Å². The van der Waals surface area contributed by atoms with Crippen molar-refractivity contribution in [3.05, 3.63) is 46.4 Å². The maximum atomic E-state index is 12.6. The van der Waals surface area contributed by atoms with Gasteiger partial charge < -0.3 is 9.57 Å². The average molecular weight is 342 g/mol. The molecule has 0 saturated heterocycles. The first kappa shape index (κ1) is 15.5. The molecule has 0 fully saturated rings. The number of carbonyl (C=O) groups is 1. The third kappa shape index (κ3) is 2.17. The van der Waals surface area contributed by atoms with Gasteiger partial charge in [0.05, 0.1) is 23.4 Å². The van der Waals surface area contributed by atoms with Crippen molar-refractivity contribution < 1.29 is 14.4 Å². The topological polar surface area (TPSA) is 80.3 Å². The van der Waals surface area contributed by atoms with E-state index in [0.29, 0.717) is 11.2 Å². The molecule has 0 bridgehead atoms. The van der Waals surface area contributed by atoms with Gasteiger partial charge in [0.15, 0.2) is 5.69 Å². The lowest BCUT2D eigenvalue weighted by atomic mass is 10.2. The van der Waals surface area contributed by atoms with E-state index >= 15 is 0 Å². The maximum absolute atomic E-state index is 12.6. The van der Waals surface area contributed by atoms with E-state index < -0.39 is 11.6 Å². The monoisotopic (exact) mass is 342 g/mol. The standard InChI is InChI=1S/C17H18N4O4/c1-17(2,3)25-15(22)13-12-8-19-14-10(20(12)9-18-13)6-5-7-11(14)21(24-4)16(19)23/h5-7,9H,8H2,1-4H3. The van der Waals surface area contributed by atoms with Crippen LogP contribution in [0.15, 0.2) is 29.3 Å². The molecule has 0 atom stereocenters. The molecule has 130 valence electrons. The Kier molecular flexibility index (Phi) is 3.09.